The average molecular weight is 539 g/mol. The Morgan fingerprint density at radius 2 is 0.780 bits per heavy atom. The normalized spacial score (nSPS) is 11.9. The minimum atomic E-state index is 1.05. The highest BCUT2D eigenvalue weighted by Gasteiger charge is 2.18. The summed E-state index contributed by atoms with van der Waals surface area (Å²) in [6.45, 7) is 0. The monoisotopic (exact) mass is 538 g/mol. The van der Waals surface area contributed by atoms with Gasteiger partial charge in [0.25, 0.3) is 0 Å². The molecule has 0 unspecified atom stereocenters. The minimum absolute atomic E-state index is 1.05. The van der Waals surface area contributed by atoms with Crippen molar-refractivity contribution in [1.82, 2.24) is 9.97 Å². The van der Waals surface area contributed by atoms with Crippen LogP contribution >= 0.6 is 11.3 Å². The summed E-state index contributed by atoms with van der Waals surface area (Å²) < 4.78 is 2.61. The van der Waals surface area contributed by atoms with E-state index in [4.69, 9.17) is 9.97 Å². The maximum atomic E-state index is 4.82. The second-order valence-corrected chi connectivity index (χ2v) is 11.6. The van der Waals surface area contributed by atoms with Gasteiger partial charge in [-0.3, -0.25) is 9.97 Å². The zero-order chi connectivity index (χ0) is 26.9. The highest BCUT2D eigenvalue weighted by molar-refractivity contribution is 7.26. The van der Waals surface area contributed by atoms with Crippen LogP contribution in [0, 0.1) is 0 Å². The average Bonchev–Trinajstić information content (AvgIpc) is 3.43. The van der Waals surface area contributed by atoms with Crippen LogP contribution in [-0.2, 0) is 0 Å². The summed E-state index contributed by atoms with van der Waals surface area (Å²) in [5, 5.41) is 9.75. The van der Waals surface area contributed by atoms with E-state index in [0.717, 1.165) is 21.8 Å². The molecule has 0 spiro atoms. The van der Waals surface area contributed by atoms with Crippen LogP contribution in [0.4, 0.5) is 0 Å². The zero-order valence-electron chi connectivity index (χ0n) is 22.0. The number of thiophene rings is 1. The molecular weight excluding hydrogens is 516 g/mol. The van der Waals surface area contributed by atoms with E-state index in [1.165, 1.54) is 64.0 Å². The number of aromatic nitrogens is 2. The van der Waals surface area contributed by atoms with Crippen LogP contribution in [0.2, 0.25) is 0 Å². The molecular formula is C38H22N2S. The molecule has 41 heavy (non-hydrogen) atoms. The minimum Gasteiger partial charge on any atom is -0.256 e. The molecule has 0 amide bonds. The van der Waals surface area contributed by atoms with Gasteiger partial charge in [0.1, 0.15) is 0 Å². The fraction of sp³-hybridized carbons (Fsp3) is 0. The molecule has 3 heterocycles. The summed E-state index contributed by atoms with van der Waals surface area (Å²) in [6.07, 6.45) is 3.79. The number of rotatable bonds is 2. The Morgan fingerprint density at radius 1 is 0.366 bits per heavy atom. The molecule has 0 aliphatic carbocycles. The van der Waals surface area contributed by atoms with E-state index in [-0.39, 0.29) is 0 Å². The van der Waals surface area contributed by atoms with E-state index in [0.29, 0.717) is 0 Å². The molecule has 3 heteroatoms. The summed E-state index contributed by atoms with van der Waals surface area (Å²) in [5.74, 6) is 0. The van der Waals surface area contributed by atoms with Crippen LogP contribution in [0.5, 0.6) is 0 Å². The van der Waals surface area contributed by atoms with Crippen molar-refractivity contribution in [1.29, 1.82) is 0 Å². The quantitative estimate of drug-likeness (QED) is 0.205. The second kappa shape index (κ2) is 8.69. The van der Waals surface area contributed by atoms with Crippen LogP contribution in [0.15, 0.2) is 134 Å². The van der Waals surface area contributed by atoms with Crippen molar-refractivity contribution in [3.63, 3.8) is 0 Å². The Kier molecular flexibility index (Phi) is 4.80. The molecule has 0 bridgehead atoms. The lowest BCUT2D eigenvalue weighted by Crippen LogP contribution is -1.86. The highest BCUT2D eigenvalue weighted by atomic mass is 32.1. The van der Waals surface area contributed by atoms with Gasteiger partial charge in [-0.1, -0.05) is 109 Å². The smallest absolute Gasteiger partial charge is 0.0786 e. The van der Waals surface area contributed by atoms with Crippen molar-refractivity contribution in [3.8, 4) is 22.3 Å². The third-order valence-corrected chi connectivity index (χ3v) is 9.62. The van der Waals surface area contributed by atoms with Gasteiger partial charge in [0.2, 0.25) is 0 Å². The number of fused-ring (bicyclic) bond motifs is 9. The summed E-state index contributed by atoms with van der Waals surface area (Å²) in [6, 6.07) is 43.8. The van der Waals surface area contributed by atoms with E-state index >= 15 is 0 Å². The van der Waals surface area contributed by atoms with Crippen LogP contribution < -0.4 is 0 Å². The molecule has 0 N–H and O–H groups in total. The third-order valence-electron chi connectivity index (χ3n) is 8.33. The van der Waals surface area contributed by atoms with Crippen LogP contribution in [-0.4, -0.2) is 9.97 Å². The maximum absolute atomic E-state index is 4.82. The Labute approximate surface area is 240 Å². The molecule has 9 aromatic rings. The number of pyridine rings is 2. The summed E-state index contributed by atoms with van der Waals surface area (Å²) in [4.78, 5) is 9.65. The fourth-order valence-corrected chi connectivity index (χ4v) is 7.88. The highest BCUT2D eigenvalue weighted by Crippen LogP contribution is 2.46. The zero-order valence-corrected chi connectivity index (χ0v) is 22.8. The molecule has 6 aromatic carbocycles. The lowest BCUT2D eigenvalue weighted by molar-refractivity contribution is 1.43. The molecule has 0 saturated heterocycles. The van der Waals surface area contributed by atoms with Gasteiger partial charge in [-0.15, -0.1) is 11.3 Å². The number of nitrogens with zero attached hydrogens (tertiary/aromatic N) is 2. The van der Waals surface area contributed by atoms with Crippen molar-refractivity contribution in [2.75, 3.05) is 0 Å². The first-order valence-electron chi connectivity index (χ1n) is 13.8. The van der Waals surface area contributed by atoms with Crippen LogP contribution in [0.25, 0.3) is 85.8 Å². The summed E-state index contributed by atoms with van der Waals surface area (Å²) in [5.41, 5.74) is 7.06. The molecule has 2 nitrogen and oxygen atoms in total. The number of benzene rings is 6. The molecule has 9 rings (SSSR count). The van der Waals surface area contributed by atoms with Crippen molar-refractivity contribution in [2.45, 2.75) is 0 Å². The molecule has 0 aliphatic heterocycles. The third kappa shape index (κ3) is 3.30. The van der Waals surface area contributed by atoms with Gasteiger partial charge < -0.3 is 0 Å². The van der Waals surface area contributed by atoms with Gasteiger partial charge in [-0.25, -0.2) is 0 Å². The Hall–Kier alpha value is -5.12. The first-order chi connectivity index (χ1) is 20.3. The van der Waals surface area contributed by atoms with Gasteiger partial charge in [-0.2, -0.15) is 0 Å². The largest absolute Gasteiger partial charge is 0.256 e. The van der Waals surface area contributed by atoms with Crippen molar-refractivity contribution in [2.24, 2.45) is 0 Å². The predicted molar refractivity (Wildman–Crippen MR) is 176 cm³/mol. The topological polar surface area (TPSA) is 25.8 Å². The van der Waals surface area contributed by atoms with Crippen LogP contribution in [0.3, 0.4) is 0 Å². The van der Waals surface area contributed by atoms with E-state index in [9.17, 15) is 0 Å². The molecule has 190 valence electrons. The number of hydrogen-bond acceptors (Lipinski definition) is 3. The van der Waals surface area contributed by atoms with Gasteiger partial charge >= 0.3 is 0 Å². The van der Waals surface area contributed by atoms with Gasteiger partial charge in [-0.05, 0) is 34.0 Å². The maximum Gasteiger partial charge on any atom is 0.0786 e. The molecule has 3 aromatic heterocycles. The van der Waals surface area contributed by atoms with E-state index in [1.54, 1.807) is 0 Å². The second-order valence-electron chi connectivity index (χ2n) is 10.6. The molecule has 0 atom stereocenters. The Morgan fingerprint density at radius 3 is 1.29 bits per heavy atom. The first-order valence-corrected chi connectivity index (χ1v) is 14.6. The number of hydrogen-bond donors (Lipinski definition) is 0. The predicted octanol–water partition coefficient (Wildman–Crippen LogP) is 10.8. The fourth-order valence-electron chi connectivity index (χ4n) is 6.52. The van der Waals surface area contributed by atoms with Crippen molar-refractivity contribution < 1.29 is 0 Å². The molecule has 0 aliphatic rings. The lowest BCUT2D eigenvalue weighted by Gasteiger charge is -2.10. The first kappa shape index (κ1) is 22.7. The summed E-state index contributed by atoms with van der Waals surface area (Å²) in [7, 11) is 0. The summed E-state index contributed by atoms with van der Waals surface area (Å²) >= 11 is 1.89. The van der Waals surface area contributed by atoms with Crippen molar-refractivity contribution >= 4 is 74.9 Å². The van der Waals surface area contributed by atoms with E-state index in [2.05, 4.69) is 109 Å². The van der Waals surface area contributed by atoms with Gasteiger partial charge in [0.15, 0.2) is 0 Å². The van der Waals surface area contributed by atoms with E-state index < -0.39 is 0 Å². The molecule has 0 radical (unpaired) electrons. The lowest BCUT2D eigenvalue weighted by atomic mass is 9.94. The Balaban J connectivity index is 1.37. The van der Waals surface area contributed by atoms with Gasteiger partial charge in [0.05, 0.1) is 11.0 Å². The molecule has 0 fully saturated rings. The standard InChI is InChI=1S/C38H22N2S/c1-7-23-17-19-25-9-5-21-39-35(25)33(23)27(11-1)29-13-3-15-31-32-16-4-14-30(38(32)41-37(29)31)28-12-2-8-24-18-20-26-10-6-22-40-36(26)34(24)28/h1-22H. The van der Waals surface area contributed by atoms with Crippen LogP contribution in [0.1, 0.15) is 0 Å². The SMILES string of the molecule is c1cnc2c(c1)ccc1cccc(-c3cccc4c3sc3c(-c5cccc6ccc7cccnc7c56)cccc34)c12. The van der Waals surface area contributed by atoms with Crippen molar-refractivity contribution in [3.05, 3.63) is 134 Å². The molecule has 0 saturated carbocycles. The Bertz CT molecular complexity index is 2320. The van der Waals surface area contributed by atoms with Gasteiger partial charge in [0, 0.05) is 65.2 Å². The van der Waals surface area contributed by atoms with E-state index in [1.807, 2.05) is 35.9 Å².